The van der Waals surface area contributed by atoms with Crippen LogP contribution >= 0.6 is 23.2 Å². The fourth-order valence-corrected chi connectivity index (χ4v) is 2.33. The maximum absolute atomic E-state index is 12.0. The fraction of sp³-hybridized carbons (Fsp3) is 0.111. The van der Waals surface area contributed by atoms with Crippen LogP contribution in [0.15, 0.2) is 48.0 Å². The Labute approximate surface area is 149 Å². The Hall–Kier alpha value is -2.48. The van der Waals surface area contributed by atoms with Gasteiger partial charge < -0.3 is 9.47 Å². The third-order valence-electron chi connectivity index (χ3n) is 3.14. The van der Waals surface area contributed by atoms with Crippen LogP contribution in [0.2, 0.25) is 10.0 Å². The van der Waals surface area contributed by atoms with Gasteiger partial charge in [0.1, 0.15) is 24.0 Å². The van der Waals surface area contributed by atoms with E-state index >= 15 is 0 Å². The molecular weight excluding hydrogens is 349 g/mol. The molecule has 0 unspecified atom stereocenters. The highest BCUT2D eigenvalue weighted by Gasteiger charge is 2.12. The number of hydrogen-bond acceptors (Lipinski definition) is 4. The molecule has 0 saturated heterocycles. The van der Waals surface area contributed by atoms with Crippen LogP contribution < -0.4 is 4.74 Å². The van der Waals surface area contributed by atoms with Gasteiger partial charge in [0.15, 0.2) is 0 Å². The summed E-state index contributed by atoms with van der Waals surface area (Å²) in [6.07, 6.45) is 1.45. The molecule has 2 aromatic carbocycles. The van der Waals surface area contributed by atoms with Crippen molar-refractivity contribution in [2.24, 2.45) is 0 Å². The lowest BCUT2D eigenvalue weighted by molar-refractivity contribution is -0.139. The summed E-state index contributed by atoms with van der Waals surface area (Å²) >= 11 is 11.8. The van der Waals surface area contributed by atoms with E-state index in [0.29, 0.717) is 26.9 Å². The standard InChI is InChI=1S/C18H13Cl2NO3/c1-23-16-6-2-12(3-7-16)8-14(10-21)18(22)24-11-13-4-5-15(19)9-17(13)20/h2-9H,11H2,1H3/b14-8+. The SMILES string of the molecule is COc1ccc(/C=C(\C#N)C(=O)OCc2ccc(Cl)cc2Cl)cc1. The van der Waals surface area contributed by atoms with E-state index in [-0.39, 0.29) is 12.2 Å². The second-order valence-electron chi connectivity index (χ2n) is 4.75. The summed E-state index contributed by atoms with van der Waals surface area (Å²) in [6, 6.07) is 13.7. The van der Waals surface area contributed by atoms with E-state index in [4.69, 9.17) is 37.9 Å². The first-order valence-corrected chi connectivity index (χ1v) is 7.66. The molecule has 0 atom stereocenters. The Balaban J connectivity index is 2.08. The van der Waals surface area contributed by atoms with Crippen LogP contribution in [0.25, 0.3) is 6.08 Å². The molecule has 122 valence electrons. The Morgan fingerprint density at radius 1 is 1.21 bits per heavy atom. The number of carbonyl (C=O) groups excluding carboxylic acids is 1. The lowest BCUT2D eigenvalue weighted by Crippen LogP contribution is -2.07. The molecule has 0 aromatic heterocycles. The summed E-state index contributed by atoms with van der Waals surface area (Å²) in [5.41, 5.74) is 1.19. The molecule has 4 nitrogen and oxygen atoms in total. The molecule has 0 aliphatic rings. The number of esters is 1. The van der Waals surface area contributed by atoms with Crippen LogP contribution in [-0.4, -0.2) is 13.1 Å². The summed E-state index contributed by atoms with van der Waals surface area (Å²) < 4.78 is 10.2. The van der Waals surface area contributed by atoms with Crippen molar-refractivity contribution in [3.63, 3.8) is 0 Å². The number of nitrogens with zero attached hydrogens (tertiary/aromatic N) is 1. The summed E-state index contributed by atoms with van der Waals surface area (Å²) in [5.74, 6) is -0.0371. The average molecular weight is 362 g/mol. The van der Waals surface area contributed by atoms with Gasteiger partial charge in [0.05, 0.1) is 7.11 Å². The molecule has 24 heavy (non-hydrogen) atoms. The van der Waals surface area contributed by atoms with E-state index in [0.717, 1.165) is 0 Å². The van der Waals surface area contributed by atoms with Gasteiger partial charge in [-0.15, -0.1) is 0 Å². The van der Waals surface area contributed by atoms with Crippen molar-refractivity contribution in [3.8, 4) is 11.8 Å². The van der Waals surface area contributed by atoms with Crippen LogP contribution in [0.3, 0.4) is 0 Å². The Kier molecular flexibility index (Phi) is 6.25. The van der Waals surface area contributed by atoms with Crippen molar-refractivity contribution in [1.82, 2.24) is 0 Å². The van der Waals surface area contributed by atoms with Crippen molar-refractivity contribution in [3.05, 3.63) is 69.2 Å². The number of methoxy groups -OCH3 is 1. The lowest BCUT2D eigenvalue weighted by atomic mass is 10.1. The van der Waals surface area contributed by atoms with Crippen LogP contribution in [0.1, 0.15) is 11.1 Å². The van der Waals surface area contributed by atoms with Gasteiger partial charge in [0, 0.05) is 15.6 Å². The molecule has 2 aromatic rings. The predicted molar refractivity (Wildman–Crippen MR) is 92.8 cm³/mol. The van der Waals surface area contributed by atoms with Gasteiger partial charge in [-0.25, -0.2) is 4.79 Å². The van der Waals surface area contributed by atoms with E-state index in [2.05, 4.69) is 0 Å². The Bertz CT molecular complexity index is 808. The number of ether oxygens (including phenoxy) is 2. The van der Waals surface area contributed by atoms with Crippen molar-refractivity contribution < 1.29 is 14.3 Å². The summed E-state index contributed by atoms with van der Waals surface area (Å²) in [4.78, 5) is 12.0. The summed E-state index contributed by atoms with van der Waals surface area (Å²) in [5, 5.41) is 10.0. The molecule has 2 rings (SSSR count). The third kappa shape index (κ3) is 4.76. The molecule has 0 heterocycles. The molecule has 0 aliphatic heterocycles. The number of hydrogen-bond donors (Lipinski definition) is 0. The normalized spacial score (nSPS) is 10.8. The monoisotopic (exact) mass is 361 g/mol. The summed E-state index contributed by atoms with van der Waals surface area (Å²) in [7, 11) is 1.56. The number of halogens is 2. The largest absolute Gasteiger partial charge is 0.497 e. The molecule has 0 N–H and O–H groups in total. The van der Waals surface area contributed by atoms with Gasteiger partial charge in [0.2, 0.25) is 0 Å². The van der Waals surface area contributed by atoms with E-state index < -0.39 is 5.97 Å². The molecule has 0 fully saturated rings. The first-order valence-electron chi connectivity index (χ1n) is 6.90. The highest BCUT2D eigenvalue weighted by atomic mass is 35.5. The van der Waals surface area contributed by atoms with Crippen LogP contribution in [0.5, 0.6) is 5.75 Å². The second kappa shape index (κ2) is 8.39. The smallest absolute Gasteiger partial charge is 0.349 e. The first-order chi connectivity index (χ1) is 11.5. The number of rotatable bonds is 5. The van der Waals surface area contributed by atoms with E-state index in [9.17, 15) is 4.79 Å². The quantitative estimate of drug-likeness (QED) is 0.441. The fourth-order valence-electron chi connectivity index (χ4n) is 1.86. The van der Waals surface area contributed by atoms with Gasteiger partial charge >= 0.3 is 5.97 Å². The molecule has 0 saturated carbocycles. The number of nitriles is 1. The zero-order chi connectivity index (χ0) is 17.5. The molecule has 0 bridgehead atoms. The molecule has 6 heteroatoms. The zero-order valence-corrected chi connectivity index (χ0v) is 14.3. The molecule has 0 spiro atoms. The minimum absolute atomic E-state index is 0.0452. The Morgan fingerprint density at radius 3 is 2.50 bits per heavy atom. The third-order valence-corrected chi connectivity index (χ3v) is 3.73. The summed E-state index contributed by atoms with van der Waals surface area (Å²) in [6.45, 7) is -0.0452. The first kappa shape index (κ1) is 17.9. The molecule has 0 aliphatic carbocycles. The van der Waals surface area contributed by atoms with Crippen molar-refractivity contribution >= 4 is 35.2 Å². The predicted octanol–water partition coefficient (Wildman–Crippen LogP) is 4.65. The highest BCUT2D eigenvalue weighted by Crippen LogP contribution is 2.22. The Morgan fingerprint density at radius 2 is 1.92 bits per heavy atom. The lowest BCUT2D eigenvalue weighted by Gasteiger charge is -2.06. The van der Waals surface area contributed by atoms with Crippen molar-refractivity contribution in [2.75, 3.05) is 7.11 Å². The maximum atomic E-state index is 12.0. The topological polar surface area (TPSA) is 59.3 Å². The molecular formula is C18H13Cl2NO3. The van der Waals surface area contributed by atoms with Crippen LogP contribution in [0.4, 0.5) is 0 Å². The number of benzene rings is 2. The average Bonchev–Trinajstić information content (AvgIpc) is 2.59. The van der Waals surface area contributed by atoms with Crippen LogP contribution in [-0.2, 0) is 16.1 Å². The minimum atomic E-state index is -0.723. The minimum Gasteiger partial charge on any atom is -0.497 e. The van der Waals surface area contributed by atoms with Crippen molar-refractivity contribution in [1.29, 1.82) is 5.26 Å². The van der Waals surface area contributed by atoms with E-state index in [1.165, 1.54) is 6.08 Å². The zero-order valence-electron chi connectivity index (χ0n) is 12.8. The highest BCUT2D eigenvalue weighted by molar-refractivity contribution is 6.35. The second-order valence-corrected chi connectivity index (χ2v) is 5.60. The van der Waals surface area contributed by atoms with Crippen molar-refractivity contribution in [2.45, 2.75) is 6.61 Å². The van der Waals surface area contributed by atoms with E-state index in [1.54, 1.807) is 49.6 Å². The molecule has 0 radical (unpaired) electrons. The van der Waals surface area contributed by atoms with Gasteiger partial charge in [-0.05, 0) is 35.9 Å². The van der Waals surface area contributed by atoms with Gasteiger partial charge in [0.25, 0.3) is 0 Å². The van der Waals surface area contributed by atoms with Gasteiger partial charge in [-0.3, -0.25) is 0 Å². The molecule has 0 amide bonds. The van der Waals surface area contributed by atoms with Crippen LogP contribution in [0, 0.1) is 11.3 Å². The van der Waals surface area contributed by atoms with Gasteiger partial charge in [-0.1, -0.05) is 41.4 Å². The van der Waals surface area contributed by atoms with E-state index in [1.807, 2.05) is 6.07 Å². The number of carbonyl (C=O) groups is 1. The van der Waals surface area contributed by atoms with Gasteiger partial charge in [-0.2, -0.15) is 5.26 Å². The maximum Gasteiger partial charge on any atom is 0.349 e.